The molecule has 0 radical (unpaired) electrons. The highest BCUT2D eigenvalue weighted by atomic mass is 35.5. The molecule has 138 valence electrons. The van der Waals surface area contributed by atoms with E-state index in [4.69, 9.17) is 11.6 Å². The van der Waals surface area contributed by atoms with Crippen LogP contribution in [0.25, 0.3) is 0 Å². The lowest BCUT2D eigenvalue weighted by Crippen LogP contribution is -2.35. The van der Waals surface area contributed by atoms with Crippen LogP contribution in [0, 0.1) is 0 Å². The van der Waals surface area contributed by atoms with Gasteiger partial charge in [0.05, 0.1) is 12.0 Å². The predicted molar refractivity (Wildman–Crippen MR) is 108 cm³/mol. The van der Waals surface area contributed by atoms with Gasteiger partial charge in [0.15, 0.2) is 0 Å². The molecule has 5 heteroatoms. The molecule has 1 unspecified atom stereocenters. The van der Waals surface area contributed by atoms with Crippen molar-refractivity contribution in [1.82, 2.24) is 9.55 Å². The fraction of sp³-hybridized carbons (Fsp3) is 0.273. The number of amides is 1. The van der Waals surface area contributed by atoms with E-state index in [1.54, 1.807) is 0 Å². The molecule has 3 aromatic rings. The molecule has 1 aliphatic heterocycles. The quantitative estimate of drug-likeness (QED) is 0.598. The summed E-state index contributed by atoms with van der Waals surface area (Å²) < 4.78 is 2.08. The Morgan fingerprint density at radius 2 is 1.81 bits per heavy atom. The van der Waals surface area contributed by atoms with Crippen molar-refractivity contribution in [3.63, 3.8) is 0 Å². The molecule has 0 saturated carbocycles. The Balaban J connectivity index is 1.50. The second-order valence-corrected chi connectivity index (χ2v) is 7.33. The molecule has 0 bridgehead atoms. The molecule has 4 nitrogen and oxygen atoms in total. The van der Waals surface area contributed by atoms with E-state index >= 15 is 0 Å². The highest BCUT2D eigenvalue weighted by Gasteiger charge is 2.19. The largest absolute Gasteiger partial charge is 0.328 e. The number of benzene rings is 2. The van der Waals surface area contributed by atoms with Gasteiger partial charge in [-0.1, -0.05) is 42.5 Å². The van der Waals surface area contributed by atoms with E-state index in [9.17, 15) is 4.79 Å². The normalized spacial score (nSPS) is 15.7. The van der Waals surface area contributed by atoms with Crippen LogP contribution in [0.5, 0.6) is 0 Å². The van der Waals surface area contributed by atoms with Gasteiger partial charge in [0.1, 0.15) is 5.38 Å². The van der Waals surface area contributed by atoms with E-state index in [0.29, 0.717) is 13.0 Å². The number of rotatable bonds is 5. The molecule has 0 aliphatic carbocycles. The third kappa shape index (κ3) is 3.91. The van der Waals surface area contributed by atoms with E-state index in [2.05, 4.69) is 21.7 Å². The van der Waals surface area contributed by atoms with Crippen LogP contribution in [0.3, 0.4) is 0 Å². The van der Waals surface area contributed by atoms with E-state index in [0.717, 1.165) is 41.9 Å². The standard InChI is InChI=1S/C22H22ClN3O/c23-22(18-6-2-1-3-7-18)20-14-24-16-25(20)15-17-9-11-19(12-10-17)26-13-5-4-8-21(26)27/h1-3,6-7,9-12,14,16,22H,4-5,8,13,15H2. The number of anilines is 1. The van der Waals surface area contributed by atoms with Crippen LogP contribution in [0.4, 0.5) is 5.69 Å². The van der Waals surface area contributed by atoms with Gasteiger partial charge in [0.2, 0.25) is 5.91 Å². The van der Waals surface area contributed by atoms with E-state index < -0.39 is 0 Å². The number of halogens is 1. The van der Waals surface area contributed by atoms with Crippen LogP contribution >= 0.6 is 11.6 Å². The van der Waals surface area contributed by atoms with Crippen LogP contribution in [0.15, 0.2) is 67.1 Å². The Morgan fingerprint density at radius 1 is 1.04 bits per heavy atom. The van der Waals surface area contributed by atoms with E-state index in [1.807, 2.05) is 59.9 Å². The fourth-order valence-corrected chi connectivity index (χ4v) is 3.85. The Bertz CT molecular complexity index is 905. The number of nitrogens with zero attached hydrogens (tertiary/aromatic N) is 3. The van der Waals surface area contributed by atoms with Crippen molar-refractivity contribution in [2.24, 2.45) is 0 Å². The molecule has 2 aromatic carbocycles. The zero-order valence-electron chi connectivity index (χ0n) is 15.1. The topological polar surface area (TPSA) is 38.1 Å². The summed E-state index contributed by atoms with van der Waals surface area (Å²) in [6.45, 7) is 1.51. The Labute approximate surface area is 164 Å². The van der Waals surface area contributed by atoms with Crippen molar-refractivity contribution < 1.29 is 4.79 Å². The molecule has 0 spiro atoms. The summed E-state index contributed by atoms with van der Waals surface area (Å²) in [5, 5.41) is -0.237. The third-order valence-electron chi connectivity index (χ3n) is 5.02. The Kier molecular flexibility index (Phi) is 5.26. The number of imidazole rings is 1. The van der Waals surface area contributed by atoms with Crippen molar-refractivity contribution in [1.29, 1.82) is 0 Å². The van der Waals surface area contributed by atoms with E-state index in [1.165, 1.54) is 0 Å². The van der Waals surface area contributed by atoms with Crippen LogP contribution < -0.4 is 4.90 Å². The minimum atomic E-state index is -0.237. The van der Waals surface area contributed by atoms with Gasteiger partial charge in [-0.2, -0.15) is 0 Å². The van der Waals surface area contributed by atoms with Gasteiger partial charge in [-0.25, -0.2) is 4.98 Å². The zero-order valence-corrected chi connectivity index (χ0v) is 15.8. The van der Waals surface area contributed by atoms with Gasteiger partial charge in [0, 0.05) is 31.4 Å². The predicted octanol–water partition coefficient (Wildman–Crippen LogP) is 4.78. The fourth-order valence-electron chi connectivity index (χ4n) is 3.52. The number of carbonyl (C=O) groups is 1. The number of aromatic nitrogens is 2. The van der Waals surface area contributed by atoms with Crippen molar-refractivity contribution in [3.8, 4) is 0 Å². The molecule has 4 rings (SSSR count). The van der Waals surface area contributed by atoms with Gasteiger partial charge in [-0.05, 0) is 36.1 Å². The summed E-state index contributed by atoms with van der Waals surface area (Å²) in [4.78, 5) is 18.3. The highest BCUT2D eigenvalue weighted by Crippen LogP contribution is 2.29. The van der Waals surface area contributed by atoms with Crippen molar-refractivity contribution in [3.05, 3.63) is 83.9 Å². The van der Waals surface area contributed by atoms with Gasteiger partial charge in [0.25, 0.3) is 0 Å². The monoisotopic (exact) mass is 379 g/mol. The van der Waals surface area contributed by atoms with Crippen LogP contribution in [-0.4, -0.2) is 22.0 Å². The molecule has 1 fully saturated rings. The number of hydrogen-bond acceptors (Lipinski definition) is 2. The average molecular weight is 380 g/mol. The van der Waals surface area contributed by atoms with Crippen molar-refractivity contribution in [2.45, 2.75) is 31.2 Å². The lowest BCUT2D eigenvalue weighted by atomic mass is 10.1. The zero-order chi connectivity index (χ0) is 18.6. The lowest BCUT2D eigenvalue weighted by Gasteiger charge is -2.27. The van der Waals surface area contributed by atoms with Gasteiger partial charge < -0.3 is 9.47 Å². The summed E-state index contributed by atoms with van der Waals surface area (Å²) in [6, 6.07) is 18.2. The average Bonchev–Trinajstić information content (AvgIpc) is 3.17. The molecule has 2 heterocycles. The van der Waals surface area contributed by atoms with Gasteiger partial charge >= 0.3 is 0 Å². The minimum absolute atomic E-state index is 0.221. The minimum Gasteiger partial charge on any atom is -0.328 e. The Morgan fingerprint density at radius 3 is 2.56 bits per heavy atom. The molecule has 0 N–H and O–H groups in total. The number of hydrogen-bond donors (Lipinski definition) is 0. The number of piperidine rings is 1. The lowest BCUT2D eigenvalue weighted by molar-refractivity contribution is -0.119. The second kappa shape index (κ2) is 7.97. The van der Waals surface area contributed by atoms with Crippen LogP contribution in [-0.2, 0) is 11.3 Å². The smallest absolute Gasteiger partial charge is 0.226 e. The molecule has 1 aliphatic rings. The highest BCUT2D eigenvalue weighted by molar-refractivity contribution is 6.22. The first kappa shape index (κ1) is 17.8. The molecule has 1 aromatic heterocycles. The number of carbonyl (C=O) groups excluding carboxylic acids is 1. The molecular formula is C22H22ClN3O. The summed E-state index contributed by atoms with van der Waals surface area (Å²) in [6.07, 6.45) is 6.36. The van der Waals surface area contributed by atoms with E-state index in [-0.39, 0.29) is 11.3 Å². The number of alkyl halides is 1. The van der Waals surface area contributed by atoms with Crippen LogP contribution in [0.1, 0.15) is 41.5 Å². The second-order valence-electron chi connectivity index (χ2n) is 6.89. The maximum Gasteiger partial charge on any atom is 0.226 e. The maximum atomic E-state index is 12.1. The first-order chi connectivity index (χ1) is 13.2. The van der Waals surface area contributed by atoms with Crippen molar-refractivity contribution >= 4 is 23.2 Å². The molecule has 1 atom stereocenters. The van der Waals surface area contributed by atoms with Gasteiger partial charge in [-0.3, -0.25) is 4.79 Å². The summed E-state index contributed by atoms with van der Waals surface area (Å²) in [7, 11) is 0. The molecule has 1 saturated heterocycles. The van der Waals surface area contributed by atoms with Gasteiger partial charge in [-0.15, -0.1) is 11.6 Å². The molecule has 1 amide bonds. The molecular weight excluding hydrogens is 358 g/mol. The maximum absolute atomic E-state index is 12.1. The first-order valence-corrected chi connectivity index (χ1v) is 9.74. The van der Waals surface area contributed by atoms with Crippen LogP contribution in [0.2, 0.25) is 0 Å². The first-order valence-electron chi connectivity index (χ1n) is 9.31. The summed E-state index contributed by atoms with van der Waals surface area (Å²) in [5.41, 5.74) is 4.16. The summed E-state index contributed by atoms with van der Waals surface area (Å²) >= 11 is 6.68. The SMILES string of the molecule is O=C1CCCCN1c1ccc(Cn2cncc2C(Cl)c2ccccc2)cc1. The van der Waals surface area contributed by atoms with Crippen molar-refractivity contribution in [2.75, 3.05) is 11.4 Å². The molecule has 27 heavy (non-hydrogen) atoms. The Hall–Kier alpha value is -2.59. The summed E-state index contributed by atoms with van der Waals surface area (Å²) in [5.74, 6) is 0.221. The third-order valence-corrected chi connectivity index (χ3v) is 5.50.